The van der Waals surface area contributed by atoms with E-state index in [-0.39, 0.29) is 5.91 Å². The maximum absolute atomic E-state index is 12.9. The highest BCUT2D eigenvalue weighted by molar-refractivity contribution is 5.87. The van der Waals surface area contributed by atoms with Crippen molar-refractivity contribution in [2.24, 2.45) is 5.41 Å². The van der Waals surface area contributed by atoms with Crippen LogP contribution in [0.1, 0.15) is 43.5 Å². The lowest BCUT2D eigenvalue weighted by atomic mass is 9.84. The molecule has 4 nitrogen and oxygen atoms in total. The molecule has 0 atom stereocenters. The van der Waals surface area contributed by atoms with Gasteiger partial charge in [-0.25, -0.2) is 0 Å². The van der Waals surface area contributed by atoms with Gasteiger partial charge in [0.15, 0.2) is 0 Å². The third kappa shape index (κ3) is 3.32. The van der Waals surface area contributed by atoms with Crippen LogP contribution in [0.2, 0.25) is 0 Å². The Morgan fingerprint density at radius 3 is 2.92 bits per heavy atom. The Balaban J connectivity index is 1.49. The highest BCUT2D eigenvalue weighted by atomic mass is 16.2. The average Bonchev–Trinajstić information content (AvgIpc) is 2.91. The number of nitrogens with one attached hydrogen (secondary N) is 1. The molecule has 4 heteroatoms. The van der Waals surface area contributed by atoms with Crippen LogP contribution in [0.5, 0.6) is 0 Å². The number of hydrogen-bond donors (Lipinski definition) is 1. The second-order valence-electron chi connectivity index (χ2n) is 8.67. The number of rotatable bonds is 2. The molecule has 1 N–H and O–H groups in total. The molecule has 0 saturated carbocycles. The quantitative estimate of drug-likeness (QED) is 0.910. The van der Waals surface area contributed by atoms with Gasteiger partial charge in [0, 0.05) is 48.2 Å². The van der Waals surface area contributed by atoms with E-state index in [1.165, 1.54) is 40.6 Å². The van der Waals surface area contributed by atoms with Crippen molar-refractivity contribution >= 4 is 16.8 Å². The number of amides is 1. The van der Waals surface area contributed by atoms with Crippen molar-refractivity contribution in [2.75, 3.05) is 26.2 Å². The summed E-state index contributed by atoms with van der Waals surface area (Å²) in [5, 5.41) is 1.28. The van der Waals surface area contributed by atoms with Crippen molar-refractivity contribution in [1.82, 2.24) is 14.8 Å². The third-order valence-electron chi connectivity index (χ3n) is 5.82. The average molecular weight is 339 g/mol. The fraction of sp³-hybridized carbons (Fsp3) is 0.571. The molecule has 0 unspecified atom stereocenters. The van der Waals surface area contributed by atoms with E-state index in [9.17, 15) is 4.79 Å². The van der Waals surface area contributed by atoms with Crippen LogP contribution in [0.3, 0.4) is 0 Å². The number of carbonyl (C=O) groups is 1. The van der Waals surface area contributed by atoms with Crippen LogP contribution in [-0.2, 0) is 17.8 Å². The number of H-pyrrole nitrogens is 1. The van der Waals surface area contributed by atoms with E-state index in [0.29, 0.717) is 12.0 Å². The standard InChI is InChI=1S/C21H29N3O/c1-15-5-6-18-16(11-15)17-12-24(10-7-19(17)22-18)20(25)13-23-9-4-8-21(2,3)14-23/h5-6,11,22H,4,7-10,12-14H2,1-3H3. The van der Waals surface area contributed by atoms with Crippen molar-refractivity contribution in [3.05, 3.63) is 35.0 Å². The normalized spacial score (nSPS) is 20.7. The van der Waals surface area contributed by atoms with Gasteiger partial charge in [0.1, 0.15) is 0 Å². The van der Waals surface area contributed by atoms with Crippen LogP contribution >= 0.6 is 0 Å². The van der Waals surface area contributed by atoms with Crippen LogP contribution in [0.4, 0.5) is 0 Å². The first-order chi connectivity index (χ1) is 11.9. The van der Waals surface area contributed by atoms with E-state index in [0.717, 1.165) is 32.6 Å². The molecule has 0 spiro atoms. The Hall–Kier alpha value is -1.81. The topological polar surface area (TPSA) is 39.3 Å². The van der Waals surface area contributed by atoms with Gasteiger partial charge in [0.05, 0.1) is 6.54 Å². The lowest BCUT2D eigenvalue weighted by molar-refractivity contribution is -0.134. The fourth-order valence-electron chi connectivity index (χ4n) is 4.51. The number of aromatic nitrogens is 1. The number of likely N-dealkylation sites (tertiary alicyclic amines) is 1. The maximum Gasteiger partial charge on any atom is 0.237 e. The van der Waals surface area contributed by atoms with Crippen molar-refractivity contribution in [1.29, 1.82) is 0 Å². The first kappa shape index (κ1) is 16.6. The Bertz CT molecular complexity index is 805. The van der Waals surface area contributed by atoms with Gasteiger partial charge in [-0.05, 0) is 43.9 Å². The number of hydrogen-bond acceptors (Lipinski definition) is 2. The smallest absolute Gasteiger partial charge is 0.237 e. The molecule has 0 aliphatic carbocycles. The van der Waals surface area contributed by atoms with E-state index in [1.54, 1.807) is 0 Å². The molecule has 3 heterocycles. The molecule has 1 saturated heterocycles. The molecule has 0 bridgehead atoms. The van der Waals surface area contributed by atoms with Gasteiger partial charge in [0.25, 0.3) is 0 Å². The number of fused-ring (bicyclic) bond motifs is 3. The number of aromatic amines is 1. The number of nitrogens with zero attached hydrogens (tertiary/aromatic N) is 2. The van der Waals surface area contributed by atoms with E-state index in [2.05, 4.69) is 53.8 Å². The van der Waals surface area contributed by atoms with Gasteiger partial charge >= 0.3 is 0 Å². The Labute approximate surface area is 150 Å². The lowest BCUT2D eigenvalue weighted by Crippen LogP contribution is -2.47. The van der Waals surface area contributed by atoms with Gasteiger partial charge in [-0.1, -0.05) is 25.5 Å². The van der Waals surface area contributed by atoms with Gasteiger partial charge < -0.3 is 9.88 Å². The van der Waals surface area contributed by atoms with Crippen molar-refractivity contribution in [3.63, 3.8) is 0 Å². The fourth-order valence-corrected chi connectivity index (χ4v) is 4.51. The molecule has 1 aromatic heterocycles. The molecule has 1 amide bonds. The Kier molecular flexibility index (Phi) is 4.11. The van der Waals surface area contributed by atoms with E-state index in [4.69, 9.17) is 0 Å². The van der Waals surface area contributed by atoms with Gasteiger partial charge in [0.2, 0.25) is 5.91 Å². The number of benzene rings is 1. The molecule has 2 aromatic rings. The summed E-state index contributed by atoms with van der Waals surface area (Å²) >= 11 is 0. The summed E-state index contributed by atoms with van der Waals surface area (Å²) in [6.45, 7) is 11.0. The highest BCUT2D eigenvalue weighted by Crippen LogP contribution is 2.30. The largest absolute Gasteiger partial charge is 0.358 e. The molecule has 134 valence electrons. The first-order valence-electron chi connectivity index (χ1n) is 9.51. The zero-order chi connectivity index (χ0) is 17.6. The van der Waals surface area contributed by atoms with Crippen LogP contribution in [-0.4, -0.2) is 46.9 Å². The van der Waals surface area contributed by atoms with Gasteiger partial charge in [-0.2, -0.15) is 0 Å². The van der Waals surface area contributed by atoms with Crippen LogP contribution in [0.25, 0.3) is 10.9 Å². The monoisotopic (exact) mass is 339 g/mol. The van der Waals surface area contributed by atoms with Crippen molar-refractivity contribution < 1.29 is 4.79 Å². The van der Waals surface area contributed by atoms with E-state index in [1.807, 2.05) is 0 Å². The minimum Gasteiger partial charge on any atom is -0.358 e. The predicted molar refractivity (Wildman–Crippen MR) is 102 cm³/mol. The van der Waals surface area contributed by atoms with Crippen LogP contribution < -0.4 is 0 Å². The molecule has 2 aliphatic heterocycles. The number of aryl methyl sites for hydroxylation is 1. The molecule has 0 radical (unpaired) electrons. The molecular formula is C21H29N3O. The SMILES string of the molecule is Cc1ccc2[nH]c3c(c2c1)CN(C(=O)CN1CCCC(C)(C)C1)CC3. The summed E-state index contributed by atoms with van der Waals surface area (Å²) in [7, 11) is 0. The van der Waals surface area contributed by atoms with E-state index < -0.39 is 0 Å². The van der Waals surface area contributed by atoms with E-state index >= 15 is 0 Å². The third-order valence-corrected chi connectivity index (χ3v) is 5.82. The zero-order valence-corrected chi connectivity index (χ0v) is 15.7. The second-order valence-corrected chi connectivity index (χ2v) is 8.67. The molecule has 2 aliphatic rings. The molecule has 1 fully saturated rings. The molecule has 25 heavy (non-hydrogen) atoms. The number of carbonyl (C=O) groups excluding carboxylic acids is 1. The Morgan fingerprint density at radius 1 is 1.28 bits per heavy atom. The molecule has 1 aromatic carbocycles. The maximum atomic E-state index is 12.9. The summed E-state index contributed by atoms with van der Waals surface area (Å²) < 4.78 is 0. The summed E-state index contributed by atoms with van der Waals surface area (Å²) in [5.41, 5.74) is 5.43. The van der Waals surface area contributed by atoms with Gasteiger partial charge in [-0.15, -0.1) is 0 Å². The molecular weight excluding hydrogens is 310 g/mol. The highest BCUT2D eigenvalue weighted by Gasteiger charge is 2.30. The van der Waals surface area contributed by atoms with Crippen LogP contribution in [0.15, 0.2) is 18.2 Å². The summed E-state index contributed by atoms with van der Waals surface area (Å²) in [6, 6.07) is 6.54. The van der Waals surface area contributed by atoms with Crippen molar-refractivity contribution in [3.8, 4) is 0 Å². The summed E-state index contributed by atoms with van der Waals surface area (Å²) in [4.78, 5) is 20.8. The lowest BCUT2D eigenvalue weighted by Gasteiger charge is -2.38. The molecule has 4 rings (SSSR count). The zero-order valence-electron chi connectivity index (χ0n) is 15.7. The number of piperidine rings is 1. The summed E-state index contributed by atoms with van der Waals surface area (Å²) in [6.07, 6.45) is 3.39. The van der Waals surface area contributed by atoms with Crippen molar-refractivity contribution in [2.45, 2.75) is 46.6 Å². The van der Waals surface area contributed by atoms with Gasteiger partial charge in [-0.3, -0.25) is 9.69 Å². The first-order valence-corrected chi connectivity index (χ1v) is 9.51. The van der Waals surface area contributed by atoms with Crippen LogP contribution in [0, 0.1) is 12.3 Å². The predicted octanol–water partition coefficient (Wildman–Crippen LogP) is 3.48. The second kappa shape index (κ2) is 6.17. The minimum absolute atomic E-state index is 0.283. The minimum atomic E-state index is 0.283. The summed E-state index contributed by atoms with van der Waals surface area (Å²) in [5.74, 6) is 0.283. The Morgan fingerprint density at radius 2 is 2.12 bits per heavy atom.